The van der Waals surface area contributed by atoms with E-state index in [9.17, 15) is 28.8 Å². The lowest BCUT2D eigenvalue weighted by Crippen LogP contribution is -2.65. The molecule has 12 nitrogen and oxygen atoms in total. The number of imide groups is 1. The van der Waals surface area contributed by atoms with Gasteiger partial charge in [-0.15, -0.1) is 0 Å². The molecular formula is C15H22N6O6. The first-order valence-electron chi connectivity index (χ1n) is 8.48. The number of hydrogen-bond donors (Lipinski definition) is 4. The fourth-order valence-corrected chi connectivity index (χ4v) is 2.57. The van der Waals surface area contributed by atoms with E-state index in [-0.39, 0.29) is 32.0 Å². The van der Waals surface area contributed by atoms with E-state index in [2.05, 4.69) is 21.3 Å². The minimum absolute atomic E-state index is 0.0242. The number of carbonyl (C=O) groups is 6. The van der Waals surface area contributed by atoms with Crippen LogP contribution in [-0.2, 0) is 24.0 Å². The zero-order chi connectivity index (χ0) is 20.1. The smallest absolute Gasteiger partial charge is 0.325 e. The molecule has 2 heterocycles. The molecule has 0 aromatic carbocycles. The highest BCUT2D eigenvalue weighted by Crippen LogP contribution is 2.07. The van der Waals surface area contributed by atoms with Crippen LogP contribution in [0, 0.1) is 0 Å². The minimum Gasteiger partial charge on any atom is -0.359 e. The predicted molar refractivity (Wildman–Crippen MR) is 89.9 cm³/mol. The Bertz CT molecular complexity index is 680. The summed E-state index contributed by atoms with van der Waals surface area (Å²) >= 11 is 0. The third kappa shape index (κ3) is 4.51. The van der Waals surface area contributed by atoms with Gasteiger partial charge in [-0.05, 0) is 6.92 Å². The Balaban J connectivity index is 2.04. The van der Waals surface area contributed by atoms with Crippen molar-refractivity contribution in [3.05, 3.63) is 0 Å². The van der Waals surface area contributed by atoms with Gasteiger partial charge in [-0.25, -0.2) is 4.79 Å². The molecule has 148 valence electrons. The molecule has 0 saturated carbocycles. The Labute approximate surface area is 155 Å². The van der Waals surface area contributed by atoms with Gasteiger partial charge in [0.15, 0.2) is 0 Å². The van der Waals surface area contributed by atoms with Crippen LogP contribution >= 0.6 is 0 Å². The van der Waals surface area contributed by atoms with Crippen LogP contribution in [0.3, 0.4) is 0 Å². The number of β-lactam (4-membered cyclic amide) rings is 1. The maximum Gasteiger partial charge on any atom is 0.325 e. The lowest BCUT2D eigenvalue weighted by atomic mass is 10.1. The number of carbonyl (C=O) groups excluding carboxylic acids is 6. The molecule has 7 amide bonds. The molecule has 0 aromatic rings. The quantitative estimate of drug-likeness (QED) is 0.276. The first-order chi connectivity index (χ1) is 12.8. The normalized spacial score (nSPS) is 20.4. The molecule has 27 heavy (non-hydrogen) atoms. The zero-order valence-electron chi connectivity index (χ0n) is 15.0. The highest BCUT2D eigenvalue weighted by Gasteiger charge is 2.38. The third-order valence-electron chi connectivity index (χ3n) is 4.33. The van der Waals surface area contributed by atoms with Crippen LogP contribution in [0.4, 0.5) is 4.79 Å². The summed E-state index contributed by atoms with van der Waals surface area (Å²) in [5.74, 6) is -3.44. The SMILES string of the molecule is CCN1CCN(C(=O)NC(CC(=O)NC)C(=O)NC2CNC2=O)C(=O)C1=O. The maximum absolute atomic E-state index is 12.4. The molecule has 0 radical (unpaired) electrons. The Hall–Kier alpha value is -3.18. The fraction of sp³-hybridized carbons (Fsp3) is 0.600. The molecule has 2 aliphatic rings. The summed E-state index contributed by atoms with van der Waals surface area (Å²) in [5.41, 5.74) is 0. The van der Waals surface area contributed by atoms with Gasteiger partial charge in [-0.3, -0.25) is 28.9 Å². The van der Waals surface area contributed by atoms with Gasteiger partial charge in [-0.1, -0.05) is 0 Å². The van der Waals surface area contributed by atoms with Crippen molar-refractivity contribution >= 4 is 35.6 Å². The van der Waals surface area contributed by atoms with Crippen LogP contribution in [0.1, 0.15) is 13.3 Å². The van der Waals surface area contributed by atoms with E-state index in [1.807, 2.05) is 0 Å². The summed E-state index contributed by atoms with van der Waals surface area (Å²) in [7, 11) is 1.37. The van der Waals surface area contributed by atoms with Crippen molar-refractivity contribution in [2.75, 3.05) is 33.2 Å². The van der Waals surface area contributed by atoms with Gasteiger partial charge in [0.05, 0.1) is 6.42 Å². The lowest BCUT2D eigenvalue weighted by Gasteiger charge is -2.33. The largest absolute Gasteiger partial charge is 0.359 e. The van der Waals surface area contributed by atoms with Crippen molar-refractivity contribution in [3.8, 4) is 0 Å². The lowest BCUT2D eigenvalue weighted by molar-refractivity contribution is -0.153. The van der Waals surface area contributed by atoms with E-state index < -0.39 is 41.7 Å². The highest BCUT2D eigenvalue weighted by molar-refractivity contribution is 6.38. The van der Waals surface area contributed by atoms with Gasteiger partial charge in [-0.2, -0.15) is 0 Å². The molecule has 2 aliphatic heterocycles. The van der Waals surface area contributed by atoms with Crippen LogP contribution in [-0.4, -0.2) is 90.7 Å². The van der Waals surface area contributed by atoms with E-state index in [4.69, 9.17) is 0 Å². The van der Waals surface area contributed by atoms with E-state index in [0.29, 0.717) is 11.4 Å². The van der Waals surface area contributed by atoms with Crippen LogP contribution in [0.5, 0.6) is 0 Å². The summed E-state index contributed by atoms with van der Waals surface area (Å²) in [4.78, 5) is 73.7. The molecule has 12 heteroatoms. The van der Waals surface area contributed by atoms with Crippen molar-refractivity contribution in [3.63, 3.8) is 0 Å². The van der Waals surface area contributed by atoms with Crippen molar-refractivity contribution in [1.29, 1.82) is 0 Å². The Kier molecular flexibility index (Phi) is 6.32. The Morgan fingerprint density at radius 2 is 1.89 bits per heavy atom. The predicted octanol–water partition coefficient (Wildman–Crippen LogP) is -3.49. The van der Waals surface area contributed by atoms with Crippen molar-refractivity contribution in [2.45, 2.75) is 25.4 Å². The second-order valence-electron chi connectivity index (χ2n) is 6.03. The molecule has 2 saturated heterocycles. The zero-order valence-corrected chi connectivity index (χ0v) is 15.0. The molecule has 0 aromatic heterocycles. The molecule has 2 rings (SSSR count). The fourth-order valence-electron chi connectivity index (χ4n) is 2.57. The second-order valence-corrected chi connectivity index (χ2v) is 6.03. The van der Waals surface area contributed by atoms with Crippen LogP contribution in [0.25, 0.3) is 0 Å². The van der Waals surface area contributed by atoms with E-state index in [0.717, 1.165) is 0 Å². The Morgan fingerprint density at radius 1 is 1.19 bits per heavy atom. The van der Waals surface area contributed by atoms with Crippen molar-refractivity contribution in [1.82, 2.24) is 31.1 Å². The molecule has 0 aliphatic carbocycles. The van der Waals surface area contributed by atoms with Gasteiger partial charge in [0.1, 0.15) is 12.1 Å². The average molecular weight is 382 g/mol. The number of amides is 7. The van der Waals surface area contributed by atoms with Crippen molar-refractivity contribution in [2.24, 2.45) is 0 Å². The topological polar surface area (TPSA) is 157 Å². The van der Waals surface area contributed by atoms with Gasteiger partial charge < -0.3 is 26.2 Å². The number of urea groups is 1. The molecule has 0 bridgehead atoms. The van der Waals surface area contributed by atoms with Crippen molar-refractivity contribution < 1.29 is 28.8 Å². The molecule has 2 fully saturated rings. The molecule has 0 spiro atoms. The van der Waals surface area contributed by atoms with Gasteiger partial charge in [0, 0.05) is 33.2 Å². The molecule has 4 N–H and O–H groups in total. The summed E-state index contributed by atoms with van der Waals surface area (Å²) in [6.45, 7) is 2.45. The van der Waals surface area contributed by atoms with Crippen LogP contribution in [0.15, 0.2) is 0 Å². The van der Waals surface area contributed by atoms with Crippen LogP contribution < -0.4 is 21.3 Å². The first-order valence-corrected chi connectivity index (χ1v) is 8.48. The standard InChI is InChI=1S/C15H22N6O6/c1-3-20-4-5-21(14(26)13(20)25)15(27)19-8(6-10(22)16-2)12(24)18-9-7-17-11(9)23/h8-9H,3-7H2,1-2H3,(H,16,22)(H,17,23)(H,18,24)(H,19,27). The number of rotatable bonds is 6. The monoisotopic (exact) mass is 382 g/mol. The van der Waals surface area contributed by atoms with Gasteiger partial charge >= 0.3 is 17.8 Å². The number of nitrogens with zero attached hydrogens (tertiary/aromatic N) is 2. The van der Waals surface area contributed by atoms with Gasteiger partial charge in [0.25, 0.3) is 0 Å². The summed E-state index contributed by atoms with van der Waals surface area (Å²) in [6, 6.07) is -3.00. The summed E-state index contributed by atoms with van der Waals surface area (Å²) in [5, 5.41) is 9.49. The first kappa shape index (κ1) is 20.1. The average Bonchev–Trinajstić information content (AvgIpc) is 2.65. The summed E-state index contributed by atoms with van der Waals surface area (Å²) in [6.07, 6.45) is -0.389. The second kappa shape index (κ2) is 8.47. The third-order valence-corrected chi connectivity index (χ3v) is 4.33. The minimum atomic E-state index is -1.31. The molecule has 2 unspecified atom stereocenters. The molecule has 2 atom stereocenters. The maximum atomic E-state index is 12.4. The summed E-state index contributed by atoms with van der Waals surface area (Å²) < 4.78 is 0. The highest BCUT2D eigenvalue weighted by atomic mass is 16.2. The number of hydrogen-bond acceptors (Lipinski definition) is 6. The van der Waals surface area contributed by atoms with E-state index in [1.165, 1.54) is 11.9 Å². The Morgan fingerprint density at radius 3 is 2.41 bits per heavy atom. The van der Waals surface area contributed by atoms with E-state index in [1.54, 1.807) is 6.92 Å². The number of piperazine rings is 1. The number of nitrogens with one attached hydrogen (secondary N) is 4. The molecular weight excluding hydrogens is 360 g/mol. The van der Waals surface area contributed by atoms with Crippen LogP contribution in [0.2, 0.25) is 0 Å². The van der Waals surface area contributed by atoms with E-state index >= 15 is 0 Å². The van der Waals surface area contributed by atoms with Gasteiger partial charge in [0.2, 0.25) is 17.7 Å². The number of likely N-dealkylation sites (N-methyl/N-ethyl adjacent to an activating group) is 1.